The summed E-state index contributed by atoms with van der Waals surface area (Å²) < 4.78 is 11.7. The summed E-state index contributed by atoms with van der Waals surface area (Å²) in [7, 11) is 0. The number of hydrogen-bond donors (Lipinski definition) is 0. The molecule has 0 amide bonds. The predicted octanol–water partition coefficient (Wildman–Crippen LogP) is 6.59. The summed E-state index contributed by atoms with van der Waals surface area (Å²) >= 11 is 0. The molecule has 4 aliphatic carbocycles. The number of carbonyl (C=O) groups excluding carboxylic acids is 2. The topological polar surface area (TPSA) is 52.6 Å². The molecule has 34 heavy (non-hydrogen) atoms. The average molecular weight is 465 g/mol. The second kappa shape index (κ2) is 8.84. The van der Waals surface area contributed by atoms with Crippen LogP contribution < -0.4 is 0 Å². The molecular formula is C30H40O4. The third-order valence-electron chi connectivity index (χ3n) is 10.2. The number of ether oxygens (including phenoxy) is 2. The highest BCUT2D eigenvalue weighted by atomic mass is 16.5. The maximum Gasteiger partial charge on any atom is 0.303 e. The molecule has 0 radical (unpaired) electrons. The van der Waals surface area contributed by atoms with Crippen LogP contribution in [-0.2, 0) is 19.1 Å². The molecule has 4 saturated carbocycles. The molecule has 184 valence electrons. The molecule has 1 aromatic rings. The molecule has 4 nitrogen and oxygen atoms in total. The van der Waals surface area contributed by atoms with Gasteiger partial charge in [0.15, 0.2) is 0 Å². The van der Waals surface area contributed by atoms with Gasteiger partial charge in [-0.25, -0.2) is 0 Å². The molecule has 4 fully saturated rings. The summed E-state index contributed by atoms with van der Waals surface area (Å²) in [4.78, 5) is 23.7. The molecule has 0 N–H and O–H groups in total. The first-order valence-electron chi connectivity index (χ1n) is 13.3. The van der Waals surface area contributed by atoms with Crippen LogP contribution in [0.2, 0.25) is 0 Å². The van der Waals surface area contributed by atoms with Crippen molar-refractivity contribution in [3.63, 3.8) is 0 Å². The van der Waals surface area contributed by atoms with Crippen molar-refractivity contribution in [1.82, 2.24) is 0 Å². The third kappa shape index (κ3) is 4.01. The van der Waals surface area contributed by atoms with Gasteiger partial charge in [0.05, 0.1) is 0 Å². The number of fused-ring (bicyclic) bond motifs is 5. The molecular weight excluding hydrogens is 424 g/mol. The van der Waals surface area contributed by atoms with Gasteiger partial charge in [-0.1, -0.05) is 50.3 Å². The second-order valence-corrected chi connectivity index (χ2v) is 12.0. The highest BCUT2D eigenvalue weighted by Gasteiger charge is 2.61. The zero-order chi connectivity index (χ0) is 24.1. The van der Waals surface area contributed by atoms with Crippen LogP contribution in [0.4, 0.5) is 0 Å². The van der Waals surface area contributed by atoms with E-state index in [4.69, 9.17) is 9.47 Å². The van der Waals surface area contributed by atoms with Crippen LogP contribution in [0.3, 0.4) is 0 Å². The van der Waals surface area contributed by atoms with Gasteiger partial charge in [-0.2, -0.15) is 0 Å². The largest absolute Gasteiger partial charge is 0.462 e. The lowest BCUT2D eigenvalue weighted by molar-refractivity contribution is -0.163. The average Bonchev–Trinajstić information content (AvgIpc) is 3.10. The minimum atomic E-state index is -0.183. The van der Waals surface area contributed by atoms with Crippen molar-refractivity contribution >= 4 is 18.0 Å². The Labute approximate surface area is 204 Å². The van der Waals surface area contributed by atoms with Gasteiger partial charge < -0.3 is 9.47 Å². The fraction of sp³-hybridized carbons (Fsp3) is 0.667. The molecule has 0 aliphatic heterocycles. The van der Waals surface area contributed by atoms with E-state index < -0.39 is 0 Å². The van der Waals surface area contributed by atoms with E-state index in [9.17, 15) is 9.59 Å². The highest BCUT2D eigenvalue weighted by Crippen LogP contribution is 2.67. The number of esters is 2. The molecule has 0 bridgehead atoms. The number of hydrogen-bond acceptors (Lipinski definition) is 4. The molecule has 0 spiro atoms. The fourth-order valence-corrected chi connectivity index (χ4v) is 8.74. The summed E-state index contributed by atoms with van der Waals surface area (Å²) in [6.07, 6.45) is 11.2. The van der Waals surface area contributed by atoms with Crippen LogP contribution in [0.15, 0.2) is 35.9 Å². The number of benzene rings is 1. The van der Waals surface area contributed by atoms with Crippen LogP contribution in [0.5, 0.6) is 0 Å². The zero-order valence-electron chi connectivity index (χ0n) is 21.2. The van der Waals surface area contributed by atoms with Gasteiger partial charge in [-0.3, -0.25) is 9.59 Å². The monoisotopic (exact) mass is 464 g/mol. The Morgan fingerprint density at radius 3 is 2.29 bits per heavy atom. The highest BCUT2D eigenvalue weighted by molar-refractivity contribution is 5.67. The van der Waals surface area contributed by atoms with E-state index in [0.29, 0.717) is 23.7 Å². The molecule has 0 heterocycles. The first-order valence-corrected chi connectivity index (χ1v) is 13.3. The molecule has 1 aromatic carbocycles. The Morgan fingerprint density at radius 1 is 0.882 bits per heavy atom. The minimum Gasteiger partial charge on any atom is -0.462 e. The molecule has 8 atom stereocenters. The maximum absolute atomic E-state index is 12.0. The maximum atomic E-state index is 12.0. The van der Waals surface area contributed by atoms with Crippen LogP contribution in [0.25, 0.3) is 6.08 Å². The first kappa shape index (κ1) is 23.6. The van der Waals surface area contributed by atoms with E-state index in [-0.39, 0.29) is 35.0 Å². The van der Waals surface area contributed by atoms with Crippen molar-refractivity contribution in [2.45, 2.75) is 91.3 Å². The lowest BCUT2D eigenvalue weighted by Gasteiger charge is -2.61. The Bertz CT molecular complexity index is 967. The van der Waals surface area contributed by atoms with Gasteiger partial charge in [-0.15, -0.1) is 0 Å². The Balaban J connectivity index is 1.44. The van der Waals surface area contributed by atoms with Crippen LogP contribution in [0, 0.1) is 34.5 Å². The smallest absolute Gasteiger partial charge is 0.303 e. The van der Waals surface area contributed by atoms with Crippen LogP contribution in [-0.4, -0.2) is 24.1 Å². The van der Waals surface area contributed by atoms with Crippen molar-refractivity contribution in [1.29, 1.82) is 0 Å². The van der Waals surface area contributed by atoms with Gasteiger partial charge in [0.2, 0.25) is 0 Å². The van der Waals surface area contributed by atoms with E-state index in [0.717, 1.165) is 25.7 Å². The summed E-state index contributed by atoms with van der Waals surface area (Å²) in [6.45, 7) is 8.00. The summed E-state index contributed by atoms with van der Waals surface area (Å²) in [6, 6.07) is 10.4. The summed E-state index contributed by atoms with van der Waals surface area (Å²) in [5.41, 5.74) is 2.80. The van der Waals surface area contributed by atoms with Crippen molar-refractivity contribution < 1.29 is 19.1 Å². The normalized spacial score (nSPS) is 42.3. The standard InChI is InChI=1S/C30H40O4/c1-19(31)33-27-17-23-10-11-24-25-12-13-28(34-20(2)32)29(25,3)15-14-26(24)30(23,4)18-22(27)16-21-8-6-5-7-9-21/h5-9,16,23-28H,10-15,17-18H2,1-4H3/b22-16+/t23-,24-,25-,26-,27+,28+,29-,30-/m0/s1. The zero-order valence-corrected chi connectivity index (χ0v) is 21.2. The van der Waals surface area contributed by atoms with Crippen molar-refractivity contribution in [3.8, 4) is 0 Å². The lowest BCUT2D eigenvalue weighted by atomic mass is 9.44. The van der Waals surface area contributed by atoms with Gasteiger partial charge in [0.1, 0.15) is 12.2 Å². The Kier molecular flexibility index (Phi) is 6.14. The van der Waals surface area contributed by atoms with E-state index in [2.05, 4.69) is 44.2 Å². The molecule has 0 aromatic heterocycles. The van der Waals surface area contributed by atoms with E-state index in [1.165, 1.54) is 43.7 Å². The quantitative estimate of drug-likeness (QED) is 0.474. The van der Waals surface area contributed by atoms with Gasteiger partial charge in [0, 0.05) is 19.3 Å². The van der Waals surface area contributed by atoms with Gasteiger partial charge in [-0.05, 0) is 91.6 Å². The van der Waals surface area contributed by atoms with Crippen LogP contribution in [0.1, 0.15) is 84.6 Å². The molecule has 5 rings (SSSR count). The number of rotatable bonds is 3. The molecule has 4 heteroatoms. The SMILES string of the molecule is CC(=O)O[C@@H]1C[C@@H]2CC[C@@H]3[C@H](CC[C@]4(C)[C@H](OC(C)=O)CC[C@@H]34)[C@@]2(C)C/C1=C\c1ccccc1. The van der Waals surface area contributed by atoms with Crippen molar-refractivity contribution in [2.75, 3.05) is 0 Å². The predicted molar refractivity (Wildman–Crippen MR) is 133 cm³/mol. The Hall–Kier alpha value is -2.10. The van der Waals surface area contributed by atoms with Crippen molar-refractivity contribution in [3.05, 3.63) is 41.5 Å². The Morgan fingerprint density at radius 2 is 1.59 bits per heavy atom. The first-order chi connectivity index (χ1) is 16.2. The number of carbonyl (C=O) groups is 2. The van der Waals surface area contributed by atoms with Gasteiger partial charge in [0.25, 0.3) is 0 Å². The van der Waals surface area contributed by atoms with E-state index >= 15 is 0 Å². The third-order valence-corrected chi connectivity index (χ3v) is 10.2. The molecule has 0 saturated heterocycles. The van der Waals surface area contributed by atoms with E-state index in [1.807, 2.05) is 6.07 Å². The summed E-state index contributed by atoms with van der Waals surface area (Å²) in [5.74, 6) is 2.28. The fourth-order valence-electron chi connectivity index (χ4n) is 8.74. The van der Waals surface area contributed by atoms with Crippen molar-refractivity contribution in [2.24, 2.45) is 34.5 Å². The lowest BCUT2D eigenvalue weighted by Crippen LogP contribution is -2.55. The summed E-state index contributed by atoms with van der Waals surface area (Å²) in [5, 5.41) is 0. The molecule has 4 aliphatic rings. The molecule has 0 unspecified atom stereocenters. The van der Waals surface area contributed by atoms with Gasteiger partial charge >= 0.3 is 11.9 Å². The van der Waals surface area contributed by atoms with E-state index in [1.54, 1.807) is 6.92 Å². The minimum absolute atomic E-state index is 0.0784. The van der Waals surface area contributed by atoms with Crippen LogP contribution >= 0.6 is 0 Å². The second-order valence-electron chi connectivity index (χ2n) is 12.0.